The summed E-state index contributed by atoms with van der Waals surface area (Å²) in [5.41, 5.74) is 4.49. The van der Waals surface area contributed by atoms with Gasteiger partial charge in [-0.15, -0.1) is 0 Å². The number of carboxylic acid groups (broad SMARTS) is 1. The number of anilines is 1. The number of carbonyl (C=O) groups is 1. The Labute approximate surface area is 120 Å². The van der Waals surface area contributed by atoms with Crippen LogP contribution < -0.4 is 4.90 Å². The van der Waals surface area contributed by atoms with E-state index in [1.807, 2.05) is 13.0 Å². The largest absolute Gasteiger partial charge is 0.478 e. The lowest BCUT2D eigenvalue weighted by Crippen LogP contribution is -2.19. The molecule has 1 heterocycles. The van der Waals surface area contributed by atoms with Crippen molar-refractivity contribution in [2.24, 2.45) is 0 Å². The number of carboxylic acids is 1. The summed E-state index contributed by atoms with van der Waals surface area (Å²) in [6, 6.07) is 6.30. The van der Waals surface area contributed by atoms with Crippen LogP contribution in [0.3, 0.4) is 0 Å². The molecule has 0 fully saturated rings. The predicted octanol–water partition coefficient (Wildman–Crippen LogP) is 3.68. The summed E-state index contributed by atoms with van der Waals surface area (Å²) >= 11 is 0. The number of hydrogen-bond acceptors (Lipinski definition) is 2. The van der Waals surface area contributed by atoms with Gasteiger partial charge in [-0.3, -0.25) is 0 Å². The Morgan fingerprint density at radius 1 is 1.40 bits per heavy atom. The fraction of sp³-hybridized carbons (Fsp3) is 0.471. The maximum absolute atomic E-state index is 10.8. The van der Waals surface area contributed by atoms with E-state index < -0.39 is 5.97 Å². The van der Waals surface area contributed by atoms with Gasteiger partial charge in [-0.25, -0.2) is 4.79 Å². The van der Waals surface area contributed by atoms with Crippen LogP contribution in [-0.2, 0) is 10.2 Å². The first-order chi connectivity index (χ1) is 9.31. The van der Waals surface area contributed by atoms with Crippen LogP contribution in [0.25, 0.3) is 5.57 Å². The van der Waals surface area contributed by atoms with Gasteiger partial charge in [0.1, 0.15) is 0 Å². The number of rotatable bonds is 2. The summed E-state index contributed by atoms with van der Waals surface area (Å²) < 4.78 is 0. The third-order valence-corrected chi connectivity index (χ3v) is 4.23. The molecule has 108 valence electrons. The molecular weight excluding hydrogens is 250 g/mol. The topological polar surface area (TPSA) is 40.5 Å². The maximum Gasteiger partial charge on any atom is 0.328 e. The number of allylic oxidation sites excluding steroid dienone is 1. The summed E-state index contributed by atoms with van der Waals surface area (Å²) in [6.45, 7) is 7.46. The molecule has 0 bridgehead atoms. The van der Waals surface area contributed by atoms with Crippen LogP contribution in [-0.4, -0.2) is 24.7 Å². The molecule has 3 heteroatoms. The van der Waals surface area contributed by atoms with Crippen LogP contribution in [0.15, 0.2) is 24.3 Å². The van der Waals surface area contributed by atoms with Crippen molar-refractivity contribution >= 4 is 17.2 Å². The first-order valence-corrected chi connectivity index (χ1v) is 7.08. The molecule has 2 rings (SSSR count). The van der Waals surface area contributed by atoms with Gasteiger partial charge in [-0.2, -0.15) is 0 Å². The molecule has 0 saturated heterocycles. The average molecular weight is 273 g/mol. The minimum Gasteiger partial charge on any atom is -0.478 e. The normalized spacial score (nSPS) is 18.4. The second-order valence-corrected chi connectivity index (χ2v) is 6.31. The maximum atomic E-state index is 10.8. The van der Waals surface area contributed by atoms with E-state index in [1.165, 1.54) is 23.7 Å². The summed E-state index contributed by atoms with van der Waals surface area (Å²) in [7, 11) is 2.12. The molecule has 0 saturated carbocycles. The van der Waals surface area contributed by atoms with Crippen LogP contribution in [0, 0.1) is 0 Å². The standard InChI is InChI=1S/C17H23NO2/c1-12(10-16(19)20)13-6-7-15-14(11-13)17(2,3)8-5-9-18(15)4/h6-7,10-11H,5,8-9H2,1-4H3,(H,19,20). The highest BCUT2D eigenvalue weighted by Gasteiger charge is 2.28. The molecule has 20 heavy (non-hydrogen) atoms. The monoisotopic (exact) mass is 273 g/mol. The van der Waals surface area contributed by atoms with Crippen LogP contribution in [0.5, 0.6) is 0 Å². The Kier molecular flexibility index (Phi) is 3.89. The van der Waals surface area contributed by atoms with Crippen molar-refractivity contribution < 1.29 is 9.90 Å². The number of aliphatic carboxylic acids is 1. The highest BCUT2D eigenvalue weighted by molar-refractivity contribution is 5.89. The molecule has 3 nitrogen and oxygen atoms in total. The Balaban J connectivity index is 2.53. The van der Waals surface area contributed by atoms with E-state index >= 15 is 0 Å². The lowest BCUT2D eigenvalue weighted by molar-refractivity contribution is -0.131. The zero-order chi connectivity index (χ0) is 14.9. The number of benzene rings is 1. The fourth-order valence-electron chi connectivity index (χ4n) is 2.94. The SMILES string of the molecule is CC(=CC(=O)O)c1ccc2c(c1)C(C)(C)CCCN2C. The molecule has 0 radical (unpaired) electrons. The fourth-order valence-corrected chi connectivity index (χ4v) is 2.94. The molecule has 1 aliphatic heterocycles. The van der Waals surface area contributed by atoms with Gasteiger partial charge in [0.05, 0.1) is 0 Å². The van der Waals surface area contributed by atoms with Gasteiger partial charge >= 0.3 is 5.97 Å². The van der Waals surface area contributed by atoms with Gasteiger partial charge in [-0.1, -0.05) is 19.9 Å². The van der Waals surface area contributed by atoms with Crippen LogP contribution in [0.4, 0.5) is 5.69 Å². The van der Waals surface area contributed by atoms with Crippen LogP contribution >= 0.6 is 0 Å². The van der Waals surface area contributed by atoms with E-state index in [1.54, 1.807) is 0 Å². The van der Waals surface area contributed by atoms with E-state index in [2.05, 4.69) is 37.9 Å². The zero-order valence-corrected chi connectivity index (χ0v) is 12.7. The predicted molar refractivity (Wildman–Crippen MR) is 83.3 cm³/mol. The molecule has 0 aliphatic carbocycles. The van der Waals surface area contributed by atoms with Crippen molar-refractivity contribution in [2.75, 3.05) is 18.5 Å². The quantitative estimate of drug-likeness (QED) is 0.836. The first-order valence-electron chi connectivity index (χ1n) is 7.08. The molecule has 0 spiro atoms. The molecule has 0 aromatic heterocycles. The summed E-state index contributed by atoms with van der Waals surface area (Å²) in [5, 5.41) is 8.89. The Hall–Kier alpha value is -1.77. The summed E-state index contributed by atoms with van der Waals surface area (Å²) in [6.07, 6.45) is 3.60. The van der Waals surface area contributed by atoms with Crippen LogP contribution in [0.2, 0.25) is 0 Å². The van der Waals surface area contributed by atoms with Gasteiger partial charge in [0.15, 0.2) is 0 Å². The third-order valence-electron chi connectivity index (χ3n) is 4.23. The number of hydrogen-bond donors (Lipinski definition) is 1. The summed E-state index contributed by atoms with van der Waals surface area (Å²) in [4.78, 5) is 13.1. The number of fused-ring (bicyclic) bond motifs is 1. The Morgan fingerprint density at radius 3 is 2.75 bits per heavy atom. The van der Waals surface area contributed by atoms with Gasteiger partial charge in [0.2, 0.25) is 0 Å². The van der Waals surface area contributed by atoms with E-state index in [-0.39, 0.29) is 5.41 Å². The molecule has 0 unspecified atom stereocenters. The van der Waals surface area contributed by atoms with E-state index in [0.717, 1.165) is 24.1 Å². The Bertz CT molecular complexity index is 558. The van der Waals surface area contributed by atoms with Crippen molar-refractivity contribution in [3.63, 3.8) is 0 Å². The minimum atomic E-state index is -0.895. The second-order valence-electron chi connectivity index (χ2n) is 6.31. The number of nitrogens with zero attached hydrogens (tertiary/aromatic N) is 1. The first kappa shape index (κ1) is 14.6. The van der Waals surface area contributed by atoms with Crippen LogP contribution in [0.1, 0.15) is 44.7 Å². The average Bonchev–Trinajstić information content (AvgIpc) is 2.46. The molecular formula is C17H23NO2. The highest BCUT2D eigenvalue weighted by atomic mass is 16.4. The van der Waals surface area contributed by atoms with E-state index in [9.17, 15) is 4.79 Å². The van der Waals surface area contributed by atoms with E-state index in [4.69, 9.17) is 5.11 Å². The third kappa shape index (κ3) is 2.87. The smallest absolute Gasteiger partial charge is 0.328 e. The highest BCUT2D eigenvalue weighted by Crippen LogP contribution is 2.39. The van der Waals surface area contributed by atoms with E-state index in [0.29, 0.717) is 0 Å². The molecule has 1 N–H and O–H groups in total. The molecule has 1 aromatic rings. The van der Waals surface area contributed by atoms with Gasteiger partial charge in [0.25, 0.3) is 0 Å². The second kappa shape index (κ2) is 5.31. The van der Waals surface area contributed by atoms with Gasteiger partial charge < -0.3 is 10.0 Å². The van der Waals surface area contributed by atoms with Crippen molar-refractivity contribution in [1.82, 2.24) is 0 Å². The minimum absolute atomic E-state index is 0.125. The lowest BCUT2D eigenvalue weighted by atomic mass is 9.79. The van der Waals surface area contributed by atoms with Crippen molar-refractivity contribution in [3.05, 3.63) is 35.4 Å². The molecule has 1 aromatic carbocycles. The molecule has 1 aliphatic rings. The zero-order valence-electron chi connectivity index (χ0n) is 12.7. The van der Waals surface area contributed by atoms with Gasteiger partial charge in [-0.05, 0) is 54.0 Å². The van der Waals surface area contributed by atoms with Gasteiger partial charge in [0, 0.05) is 25.4 Å². The van der Waals surface area contributed by atoms with Crippen molar-refractivity contribution in [2.45, 2.75) is 39.0 Å². The van der Waals surface area contributed by atoms with Crippen molar-refractivity contribution in [3.8, 4) is 0 Å². The summed E-state index contributed by atoms with van der Waals surface area (Å²) in [5.74, 6) is -0.895. The molecule has 0 amide bonds. The Morgan fingerprint density at radius 2 is 2.10 bits per heavy atom. The lowest BCUT2D eigenvalue weighted by Gasteiger charge is -2.27. The van der Waals surface area contributed by atoms with Crippen molar-refractivity contribution in [1.29, 1.82) is 0 Å². The molecule has 0 atom stereocenters.